The molecule has 0 radical (unpaired) electrons. The third kappa shape index (κ3) is 8.35. The predicted octanol–water partition coefficient (Wildman–Crippen LogP) is 2.43. The topological polar surface area (TPSA) is 175 Å². The van der Waals surface area contributed by atoms with Gasteiger partial charge in [0.25, 0.3) is 11.8 Å². The van der Waals surface area contributed by atoms with Gasteiger partial charge >= 0.3 is 5.97 Å². The number of amides is 3. The van der Waals surface area contributed by atoms with Gasteiger partial charge in [-0.25, -0.2) is 4.79 Å². The Hall–Kier alpha value is -3.83. The number of ether oxygens (including phenoxy) is 1. The van der Waals surface area contributed by atoms with Crippen LogP contribution < -0.4 is 27.0 Å². The first kappa shape index (κ1) is 28.7. The summed E-state index contributed by atoms with van der Waals surface area (Å²) in [5.41, 5.74) is 5.97. The molecule has 0 bridgehead atoms. The average Bonchev–Trinajstić information content (AvgIpc) is 3.37. The first-order chi connectivity index (χ1) is 18.1. The minimum absolute atomic E-state index is 0.00502. The summed E-state index contributed by atoms with van der Waals surface area (Å²) in [7, 11) is 0. The summed E-state index contributed by atoms with van der Waals surface area (Å²) in [4.78, 5) is 50.6. The molecule has 0 aromatic heterocycles. The Kier molecular flexibility index (Phi) is 10.3. The van der Waals surface area contributed by atoms with Gasteiger partial charge in [-0.3, -0.25) is 19.8 Å². The van der Waals surface area contributed by atoms with Gasteiger partial charge in [0.15, 0.2) is 5.96 Å². The van der Waals surface area contributed by atoms with Crippen LogP contribution in [-0.2, 0) is 14.3 Å². The Morgan fingerprint density at radius 2 is 1.66 bits per heavy atom. The van der Waals surface area contributed by atoms with Crippen LogP contribution in [0.3, 0.4) is 0 Å². The first-order valence-corrected chi connectivity index (χ1v) is 12.6. The molecule has 7 N–H and O–H groups in total. The highest BCUT2D eigenvalue weighted by molar-refractivity contribution is 6.39. The lowest BCUT2D eigenvalue weighted by Crippen LogP contribution is -2.51. The highest BCUT2D eigenvalue weighted by Gasteiger charge is 2.29. The summed E-state index contributed by atoms with van der Waals surface area (Å²) >= 11 is 12.2. The van der Waals surface area contributed by atoms with E-state index in [4.69, 9.17) is 39.1 Å². The minimum Gasteiger partial charge on any atom is -0.461 e. The maximum absolute atomic E-state index is 12.9. The Bertz CT molecular complexity index is 1200. The second kappa shape index (κ2) is 13.6. The molecule has 11 nitrogen and oxygen atoms in total. The van der Waals surface area contributed by atoms with Crippen LogP contribution in [-0.4, -0.2) is 54.9 Å². The Balaban J connectivity index is 1.60. The second-order valence-electron chi connectivity index (χ2n) is 8.57. The van der Waals surface area contributed by atoms with E-state index in [1.807, 2.05) is 0 Å². The molecule has 0 aliphatic heterocycles. The van der Waals surface area contributed by atoms with Crippen LogP contribution in [0, 0.1) is 5.41 Å². The fourth-order valence-electron chi connectivity index (χ4n) is 3.83. The number of carbonyl (C=O) groups is 4. The Morgan fingerprint density at radius 3 is 2.32 bits per heavy atom. The Morgan fingerprint density at radius 1 is 1.00 bits per heavy atom. The molecule has 1 aliphatic rings. The number of hydrogen-bond acceptors (Lipinski definition) is 6. The number of nitrogens with two attached hydrogens (primary N) is 1. The smallest absolute Gasteiger partial charge is 0.330 e. The highest BCUT2D eigenvalue weighted by atomic mass is 35.5. The van der Waals surface area contributed by atoms with Crippen molar-refractivity contribution < 1.29 is 23.9 Å². The van der Waals surface area contributed by atoms with E-state index in [9.17, 15) is 19.2 Å². The van der Waals surface area contributed by atoms with Gasteiger partial charge < -0.3 is 31.7 Å². The van der Waals surface area contributed by atoms with Crippen molar-refractivity contribution >= 4 is 58.5 Å². The number of rotatable bonds is 10. The molecule has 0 saturated heterocycles. The van der Waals surface area contributed by atoms with Crippen LogP contribution in [0.1, 0.15) is 46.4 Å². The predicted molar refractivity (Wildman–Crippen MR) is 143 cm³/mol. The van der Waals surface area contributed by atoms with Crippen molar-refractivity contribution in [2.24, 2.45) is 5.73 Å². The molecule has 0 heterocycles. The summed E-state index contributed by atoms with van der Waals surface area (Å²) in [6, 6.07) is 9.56. The van der Waals surface area contributed by atoms with E-state index in [2.05, 4.69) is 21.3 Å². The standard InChI is InChI=1S/C25H28Cl2N6O5/c26-17-9-4-10-18(27)21(17)23(36)33-19(24(37)38-16-7-1-2-8-16)12-30-20(34)13-31-22(35)14-5-3-6-15(11-14)32-25(28)29/h3-6,9-11,16,19H,1-2,7-8,12-13H2,(H,30,34)(H,31,35)(H,33,36)(H4,28,29,32)/t19-/m0/s1. The van der Waals surface area contributed by atoms with Gasteiger partial charge in [0.2, 0.25) is 5.91 Å². The highest BCUT2D eigenvalue weighted by Crippen LogP contribution is 2.24. The largest absolute Gasteiger partial charge is 0.461 e. The van der Waals surface area contributed by atoms with Crippen LogP contribution in [0.2, 0.25) is 10.0 Å². The van der Waals surface area contributed by atoms with Crippen molar-refractivity contribution in [2.45, 2.75) is 37.8 Å². The van der Waals surface area contributed by atoms with Crippen molar-refractivity contribution in [3.05, 3.63) is 63.6 Å². The lowest BCUT2D eigenvalue weighted by atomic mass is 10.2. The second-order valence-corrected chi connectivity index (χ2v) is 9.39. The molecule has 1 fully saturated rings. The summed E-state index contributed by atoms with van der Waals surface area (Å²) in [5.74, 6) is -2.82. The summed E-state index contributed by atoms with van der Waals surface area (Å²) in [5, 5.41) is 17.6. The number of nitrogens with one attached hydrogen (secondary N) is 5. The van der Waals surface area contributed by atoms with Gasteiger partial charge in [0.1, 0.15) is 12.1 Å². The zero-order chi connectivity index (χ0) is 27.7. The SMILES string of the molecule is N=C(N)Nc1cccc(C(=O)NCC(=O)NC[C@H](NC(=O)c2c(Cl)cccc2Cl)C(=O)OC2CCCC2)c1. The molecule has 3 rings (SSSR count). The fraction of sp³-hybridized carbons (Fsp3) is 0.320. The Labute approximate surface area is 229 Å². The van der Waals surface area contributed by atoms with Crippen molar-refractivity contribution in [2.75, 3.05) is 18.4 Å². The molecule has 2 aromatic rings. The number of guanidine groups is 1. The zero-order valence-electron chi connectivity index (χ0n) is 20.3. The lowest BCUT2D eigenvalue weighted by Gasteiger charge is -2.21. The van der Waals surface area contributed by atoms with Crippen LogP contribution in [0.4, 0.5) is 5.69 Å². The first-order valence-electron chi connectivity index (χ1n) is 11.9. The molecule has 0 unspecified atom stereocenters. The van der Waals surface area contributed by atoms with E-state index in [0.29, 0.717) is 5.69 Å². The number of esters is 1. The quantitative estimate of drug-likeness (QED) is 0.146. The van der Waals surface area contributed by atoms with E-state index in [-0.39, 0.29) is 39.8 Å². The molecule has 13 heteroatoms. The maximum Gasteiger partial charge on any atom is 0.330 e. The molecular weight excluding hydrogens is 535 g/mol. The van der Waals surface area contributed by atoms with Crippen molar-refractivity contribution in [3.8, 4) is 0 Å². The van der Waals surface area contributed by atoms with E-state index in [1.54, 1.807) is 18.2 Å². The number of anilines is 1. The van der Waals surface area contributed by atoms with Crippen LogP contribution in [0.5, 0.6) is 0 Å². The molecule has 3 amide bonds. The van der Waals surface area contributed by atoms with Crippen molar-refractivity contribution in [1.29, 1.82) is 5.41 Å². The molecule has 0 spiro atoms. The van der Waals surface area contributed by atoms with E-state index < -0.39 is 36.3 Å². The number of halogens is 2. The van der Waals surface area contributed by atoms with Crippen LogP contribution >= 0.6 is 23.2 Å². The van der Waals surface area contributed by atoms with E-state index in [0.717, 1.165) is 25.7 Å². The molecule has 2 aromatic carbocycles. The van der Waals surface area contributed by atoms with Gasteiger partial charge in [0.05, 0.1) is 22.2 Å². The molecule has 1 saturated carbocycles. The van der Waals surface area contributed by atoms with Gasteiger partial charge in [-0.15, -0.1) is 0 Å². The number of benzene rings is 2. The van der Waals surface area contributed by atoms with Crippen LogP contribution in [0.25, 0.3) is 0 Å². The fourth-order valence-corrected chi connectivity index (χ4v) is 4.39. The lowest BCUT2D eigenvalue weighted by molar-refractivity contribution is -0.151. The van der Waals surface area contributed by atoms with Gasteiger partial charge in [-0.05, 0) is 56.0 Å². The van der Waals surface area contributed by atoms with Gasteiger partial charge in [0, 0.05) is 17.8 Å². The number of carbonyl (C=O) groups excluding carboxylic acids is 4. The minimum atomic E-state index is -1.22. The molecule has 1 atom stereocenters. The van der Waals surface area contributed by atoms with Gasteiger partial charge in [-0.2, -0.15) is 0 Å². The zero-order valence-corrected chi connectivity index (χ0v) is 21.8. The summed E-state index contributed by atoms with van der Waals surface area (Å²) < 4.78 is 5.53. The normalized spacial score (nSPS) is 13.7. The molecular formula is C25H28Cl2N6O5. The van der Waals surface area contributed by atoms with Crippen LogP contribution in [0.15, 0.2) is 42.5 Å². The van der Waals surface area contributed by atoms with Crippen molar-refractivity contribution in [1.82, 2.24) is 16.0 Å². The molecule has 202 valence electrons. The number of hydrogen-bond donors (Lipinski definition) is 6. The van der Waals surface area contributed by atoms with E-state index in [1.165, 1.54) is 24.3 Å². The summed E-state index contributed by atoms with van der Waals surface area (Å²) in [6.07, 6.45) is 3.08. The van der Waals surface area contributed by atoms with Crippen molar-refractivity contribution in [3.63, 3.8) is 0 Å². The molecule has 1 aliphatic carbocycles. The molecule has 38 heavy (non-hydrogen) atoms. The third-order valence-corrected chi connectivity index (χ3v) is 6.31. The monoisotopic (exact) mass is 562 g/mol. The maximum atomic E-state index is 12.9. The average molecular weight is 563 g/mol. The van der Waals surface area contributed by atoms with Gasteiger partial charge in [-0.1, -0.05) is 35.3 Å². The van der Waals surface area contributed by atoms with E-state index >= 15 is 0 Å². The summed E-state index contributed by atoms with van der Waals surface area (Å²) in [6.45, 7) is -0.677. The third-order valence-electron chi connectivity index (χ3n) is 5.68.